The summed E-state index contributed by atoms with van der Waals surface area (Å²) in [6.07, 6.45) is -0.0870. The number of primary amides is 1. The zero-order valence-corrected chi connectivity index (χ0v) is 10.7. The highest BCUT2D eigenvalue weighted by Crippen LogP contribution is 2.20. The first-order valence-corrected chi connectivity index (χ1v) is 5.82. The molecule has 1 rings (SSSR count). The van der Waals surface area contributed by atoms with E-state index in [9.17, 15) is 9.59 Å². The van der Waals surface area contributed by atoms with Gasteiger partial charge in [-0.3, -0.25) is 9.59 Å². The molecule has 0 aromatic rings. The molecule has 1 aliphatic rings. The minimum Gasteiger partial charge on any atom is -0.370 e. The average molecular weight is 242 g/mol. The van der Waals surface area contributed by atoms with Crippen molar-refractivity contribution < 1.29 is 9.59 Å². The van der Waals surface area contributed by atoms with Crippen molar-refractivity contribution in [3.05, 3.63) is 0 Å². The second-order valence-corrected chi connectivity index (χ2v) is 5.03. The van der Waals surface area contributed by atoms with Crippen LogP contribution in [0.5, 0.6) is 0 Å². The molecule has 1 aliphatic heterocycles. The number of hydrogen-bond acceptors (Lipinski definition) is 4. The number of amides is 2. The van der Waals surface area contributed by atoms with E-state index in [-0.39, 0.29) is 12.3 Å². The van der Waals surface area contributed by atoms with Gasteiger partial charge in [-0.25, -0.2) is 0 Å². The topological polar surface area (TPSA) is 92.7 Å². The molecule has 0 aliphatic carbocycles. The fourth-order valence-electron chi connectivity index (χ4n) is 2.34. The highest BCUT2D eigenvalue weighted by Gasteiger charge is 2.35. The van der Waals surface area contributed by atoms with Crippen LogP contribution in [0, 0.1) is 5.92 Å². The Morgan fingerprint density at radius 3 is 2.41 bits per heavy atom. The minimum atomic E-state index is -0.805. The fourth-order valence-corrected chi connectivity index (χ4v) is 2.34. The van der Waals surface area contributed by atoms with Gasteiger partial charge in [-0.05, 0) is 20.0 Å². The molecular formula is C11H22N4O2. The lowest BCUT2D eigenvalue weighted by Gasteiger charge is -2.23. The molecule has 0 bridgehead atoms. The number of nitrogens with zero attached hydrogens (tertiary/aromatic N) is 2. The quantitative estimate of drug-likeness (QED) is 0.634. The van der Waals surface area contributed by atoms with Gasteiger partial charge in [-0.1, -0.05) is 6.92 Å². The van der Waals surface area contributed by atoms with E-state index in [4.69, 9.17) is 11.5 Å². The highest BCUT2D eigenvalue weighted by atomic mass is 16.2. The van der Waals surface area contributed by atoms with Crippen LogP contribution in [0.15, 0.2) is 0 Å². The third kappa shape index (κ3) is 3.41. The maximum atomic E-state index is 12.0. The summed E-state index contributed by atoms with van der Waals surface area (Å²) >= 11 is 0. The molecule has 6 heteroatoms. The number of carbonyl (C=O) groups is 2. The first kappa shape index (κ1) is 13.9. The highest BCUT2D eigenvalue weighted by molar-refractivity contribution is 5.87. The molecule has 2 amide bonds. The van der Waals surface area contributed by atoms with E-state index in [2.05, 4.69) is 11.8 Å². The lowest BCUT2D eigenvalue weighted by molar-refractivity contribution is -0.133. The van der Waals surface area contributed by atoms with Crippen molar-refractivity contribution in [3.63, 3.8) is 0 Å². The molecule has 1 heterocycles. The van der Waals surface area contributed by atoms with E-state index in [0.29, 0.717) is 25.0 Å². The molecule has 17 heavy (non-hydrogen) atoms. The van der Waals surface area contributed by atoms with Gasteiger partial charge in [-0.15, -0.1) is 0 Å². The van der Waals surface area contributed by atoms with Crippen LogP contribution in [0.4, 0.5) is 0 Å². The Kier molecular flexibility index (Phi) is 4.47. The van der Waals surface area contributed by atoms with Crippen LogP contribution in [0.1, 0.15) is 13.3 Å². The number of hydrogen-bond donors (Lipinski definition) is 2. The molecule has 0 spiro atoms. The maximum Gasteiger partial charge on any atom is 0.240 e. The maximum absolute atomic E-state index is 12.0. The molecule has 3 atom stereocenters. The fraction of sp³-hybridized carbons (Fsp3) is 0.818. The van der Waals surface area contributed by atoms with Gasteiger partial charge in [0.2, 0.25) is 11.8 Å². The van der Waals surface area contributed by atoms with Crippen LogP contribution in [-0.4, -0.2) is 60.9 Å². The van der Waals surface area contributed by atoms with E-state index in [1.165, 1.54) is 0 Å². The van der Waals surface area contributed by atoms with Gasteiger partial charge < -0.3 is 21.3 Å². The molecule has 0 radical (unpaired) electrons. The third-order valence-corrected chi connectivity index (χ3v) is 3.29. The van der Waals surface area contributed by atoms with Crippen LogP contribution in [-0.2, 0) is 9.59 Å². The SMILES string of the molecule is CC1CN(C(=O)C(N)CC(N)=O)CC1N(C)C. The second-order valence-electron chi connectivity index (χ2n) is 5.03. The third-order valence-electron chi connectivity index (χ3n) is 3.29. The Hall–Kier alpha value is -1.14. The van der Waals surface area contributed by atoms with Crippen molar-refractivity contribution in [2.24, 2.45) is 17.4 Å². The van der Waals surface area contributed by atoms with E-state index < -0.39 is 11.9 Å². The van der Waals surface area contributed by atoms with Gasteiger partial charge in [-0.2, -0.15) is 0 Å². The largest absolute Gasteiger partial charge is 0.370 e. The normalized spacial score (nSPS) is 26.3. The van der Waals surface area contributed by atoms with Crippen molar-refractivity contribution in [2.45, 2.75) is 25.4 Å². The summed E-state index contributed by atoms with van der Waals surface area (Å²) in [5, 5.41) is 0. The van der Waals surface area contributed by atoms with E-state index in [1.54, 1.807) is 4.90 Å². The van der Waals surface area contributed by atoms with E-state index in [0.717, 1.165) is 0 Å². The molecule has 3 unspecified atom stereocenters. The summed E-state index contributed by atoms with van der Waals surface area (Å²) < 4.78 is 0. The monoisotopic (exact) mass is 242 g/mol. The number of nitrogens with two attached hydrogens (primary N) is 2. The van der Waals surface area contributed by atoms with Gasteiger partial charge >= 0.3 is 0 Å². The summed E-state index contributed by atoms with van der Waals surface area (Å²) in [6, 6.07) is -0.458. The van der Waals surface area contributed by atoms with Crippen molar-refractivity contribution in [1.82, 2.24) is 9.80 Å². The van der Waals surface area contributed by atoms with Crippen molar-refractivity contribution in [1.29, 1.82) is 0 Å². The summed E-state index contributed by atoms with van der Waals surface area (Å²) in [6.45, 7) is 3.46. The molecule has 4 N–H and O–H groups in total. The molecule has 1 fully saturated rings. The van der Waals surface area contributed by atoms with Gasteiger partial charge in [0.15, 0.2) is 0 Å². The van der Waals surface area contributed by atoms with Crippen molar-refractivity contribution >= 4 is 11.8 Å². The van der Waals surface area contributed by atoms with E-state index in [1.807, 2.05) is 14.1 Å². The number of carbonyl (C=O) groups excluding carboxylic acids is 2. The lowest BCUT2D eigenvalue weighted by atomic mass is 10.1. The Morgan fingerprint density at radius 2 is 2.00 bits per heavy atom. The molecule has 1 saturated heterocycles. The van der Waals surface area contributed by atoms with Gasteiger partial charge in [0.1, 0.15) is 0 Å². The Labute approximate surface area is 102 Å². The van der Waals surface area contributed by atoms with Crippen LogP contribution >= 0.6 is 0 Å². The summed E-state index contributed by atoms with van der Waals surface area (Å²) in [5.74, 6) is -0.308. The smallest absolute Gasteiger partial charge is 0.240 e. The van der Waals surface area contributed by atoms with Crippen molar-refractivity contribution in [2.75, 3.05) is 27.2 Å². The standard InChI is InChI=1S/C11H22N4O2/c1-7-5-15(6-9(7)14(2)3)11(17)8(12)4-10(13)16/h7-9H,4-6,12H2,1-3H3,(H2,13,16). The Bertz CT molecular complexity index is 306. The number of rotatable bonds is 4. The lowest BCUT2D eigenvalue weighted by Crippen LogP contribution is -2.45. The molecule has 0 aromatic carbocycles. The average Bonchev–Trinajstić information content (AvgIpc) is 2.58. The first-order valence-electron chi connectivity index (χ1n) is 5.82. The summed E-state index contributed by atoms with van der Waals surface area (Å²) in [4.78, 5) is 26.5. The van der Waals surface area contributed by atoms with Gasteiger partial charge in [0.05, 0.1) is 12.5 Å². The van der Waals surface area contributed by atoms with Crippen LogP contribution in [0.3, 0.4) is 0 Å². The van der Waals surface area contributed by atoms with Gasteiger partial charge in [0.25, 0.3) is 0 Å². The molecule has 0 saturated carbocycles. The van der Waals surface area contributed by atoms with Crippen LogP contribution < -0.4 is 11.5 Å². The molecular weight excluding hydrogens is 220 g/mol. The molecule has 98 valence electrons. The van der Waals surface area contributed by atoms with Crippen LogP contribution in [0.25, 0.3) is 0 Å². The van der Waals surface area contributed by atoms with E-state index >= 15 is 0 Å². The first-order chi connectivity index (χ1) is 7.82. The Balaban J connectivity index is 2.58. The number of likely N-dealkylation sites (tertiary alicyclic amines) is 1. The predicted molar refractivity (Wildman–Crippen MR) is 65.0 cm³/mol. The van der Waals surface area contributed by atoms with Gasteiger partial charge in [0, 0.05) is 19.1 Å². The van der Waals surface area contributed by atoms with Crippen molar-refractivity contribution in [3.8, 4) is 0 Å². The second kappa shape index (κ2) is 5.46. The zero-order chi connectivity index (χ0) is 13.2. The summed E-state index contributed by atoms with van der Waals surface area (Å²) in [5.41, 5.74) is 10.7. The molecule has 0 aromatic heterocycles. The zero-order valence-electron chi connectivity index (χ0n) is 10.7. The summed E-state index contributed by atoms with van der Waals surface area (Å²) in [7, 11) is 4.00. The predicted octanol–water partition coefficient (Wildman–Crippen LogP) is -1.40. The number of likely N-dealkylation sites (N-methyl/N-ethyl adjacent to an activating group) is 1. The minimum absolute atomic E-state index is 0.0870. The van der Waals surface area contributed by atoms with Crippen LogP contribution in [0.2, 0.25) is 0 Å². The Morgan fingerprint density at radius 1 is 1.41 bits per heavy atom. The molecule has 6 nitrogen and oxygen atoms in total.